The fraction of sp³-hybridized carbons (Fsp3) is 0.846. The van der Waals surface area contributed by atoms with Crippen molar-refractivity contribution in [1.82, 2.24) is 0 Å². The first kappa shape index (κ1) is 18.4. The topological polar surface area (TPSA) is 68.3 Å². The van der Waals surface area contributed by atoms with Crippen molar-refractivity contribution in [3.63, 3.8) is 0 Å². The van der Waals surface area contributed by atoms with Crippen LogP contribution in [0, 0.1) is 5.92 Å². The van der Waals surface area contributed by atoms with Gasteiger partial charge in [0.25, 0.3) is 0 Å². The predicted molar refractivity (Wildman–Crippen MR) is 80.7 cm³/mol. The Kier molecular flexibility index (Phi) is 12.0. The number of rotatable bonds is 11. The second kappa shape index (κ2) is 12.4. The van der Waals surface area contributed by atoms with Gasteiger partial charge in [0.15, 0.2) is 0 Å². The fourth-order valence-corrected chi connectivity index (χ4v) is 2.93. The standard InChI is InChI=1S/C13H24O4S2/c1-2-3-4-5-6-7-8-9-13(12-19(16)17)10-11-18(14)15/h11-13H,2-10H2,1H3. The Hall–Kier alpha value is -0.620. The van der Waals surface area contributed by atoms with Gasteiger partial charge in [0, 0.05) is 10.7 Å². The van der Waals surface area contributed by atoms with E-state index < -0.39 is 20.6 Å². The van der Waals surface area contributed by atoms with Crippen LogP contribution >= 0.6 is 0 Å². The monoisotopic (exact) mass is 308 g/mol. The maximum atomic E-state index is 10.6. The summed E-state index contributed by atoms with van der Waals surface area (Å²) in [6, 6.07) is 0. The molecule has 0 N–H and O–H groups in total. The Morgan fingerprint density at radius 3 is 1.95 bits per heavy atom. The molecule has 0 aromatic carbocycles. The van der Waals surface area contributed by atoms with Gasteiger partial charge >= 0.3 is 0 Å². The zero-order chi connectivity index (χ0) is 14.5. The van der Waals surface area contributed by atoms with E-state index in [2.05, 4.69) is 6.92 Å². The summed E-state index contributed by atoms with van der Waals surface area (Å²) >= 11 is 0. The first-order valence-corrected chi connectivity index (χ1v) is 9.18. The van der Waals surface area contributed by atoms with Crippen LogP contribution in [0.5, 0.6) is 0 Å². The molecule has 1 unspecified atom stereocenters. The first-order valence-electron chi connectivity index (χ1n) is 6.90. The largest absolute Gasteiger partial charge is 0.210 e. The molecule has 19 heavy (non-hydrogen) atoms. The molecule has 0 saturated carbocycles. The molecule has 0 fully saturated rings. The molecule has 1 atom stereocenters. The molecule has 0 rings (SSSR count). The van der Waals surface area contributed by atoms with Gasteiger partial charge in [-0.2, -0.15) is 16.8 Å². The summed E-state index contributed by atoms with van der Waals surface area (Å²) in [4.78, 5) is 0. The lowest BCUT2D eigenvalue weighted by Crippen LogP contribution is -2.04. The summed E-state index contributed by atoms with van der Waals surface area (Å²) in [6.45, 7) is 2.18. The molecule has 0 aliphatic carbocycles. The van der Waals surface area contributed by atoms with Gasteiger partial charge in [0.05, 0.1) is 0 Å². The molecule has 0 spiro atoms. The highest BCUT2D eigenvalue weighted by molar-refractivity contribution is 7.71. The van der Waals surface area contributed by atoms with E-state index >= 15 is 0 Å². The van der Waals surface area contributed by atoms with Gasteiger partial charge in [-0.3, -0.25) is 0 Å². The minimum Gasteiger partial charge on any atom is -0.185 e. The van der Waals surface area contributed by atoms with Crippen LogP contribution in [0.4, 0.5) is 0 Å². The Morgan fingerprint density at radius 2 is 1.42 bits per heavy atom. The maximum Gasteiger partial charge on any atom is 0.210 e. The van der Waals surface area contributed by atoms with Crippen molar-refractivity contribution in [3.8, 4) is 0 Å². The SMILES string of the molecule is CCCCCCCCCC(C=S(=O)=O)CC=S(=O)=O. The van der Waals surface area contributed by atoms with E-state index in [9.17, 15) is 16.8 Å². The van der Waals surface area contributed by atoms with Crippen LogP contribution in [0.15, 0.2) is 0 Å². The number of hydrogen-bond donors (Lipinski definition) is 0. The third-order valence-corrected chi connectivity index (χ3v) is 4.09. The molecule has 0 heterocycles. The summed E-state index contributed by atoms with van der Waals surface area (Å²) in [5.74, 6) is -0.188. The van der Waals surface area contributed by atoms with E-state index in [0.29, 0.717) is 0 Å². The Morgan fingerprint density at radius 1 is 0.842 bits per heavy atom. The maximum absolute atomic E-state index is 10.6. The lowest BCUT2D eigenvalue weighted by molar-refractivity contribution is 0.545. The molecule has 6 heteroatoms. The molecule has 0 radical (unpaired) electrons. The summed E-state index contributed by atoms with van der Waals surface area (Å²) in [5.41, 5.74) is 0. The van der Waals surface area contributed by atoms with E-state index in [0.717, 1.165) is 24.6 Å². The molecular weight excluding hydrogens is 284 g/mol. The van der Waals surface area contributed by atoms with Gasteiger partial charge in [0.2, 0.25) is 20.6 Å². The van der Waals surface area contributed by atoms with Crippen molar-refractivity contribution < 1.29 is 16.8 Å². The van der Waals surface area contributed by atoms with Crippen molar-refractivity contribution in [3.05, 3.63) is 0 Å². The van der Waals surface area contributed by atoms with Gasteiger partial charge in [-0.05, 0) is 18.8 Å². The number of unbranched alkanes of at least 4 members (excludes halogenated alkanes) is 6. The normalized spacial score (nSPS) is 11.8. The van der Waals surface area contributed by atoms with Crippen LogP contribution in [0.3, 0.4) is 0 Å². The van der Waals surface area contributed by atoms with Gasteiger partial charge in [-0.1, -0.05) is 51.9 Å². The highest BCUT2D eigenvalue weighted by atomic mass is 32.2. The minimum absolute atomic E-state index is 0.188. The predicted octanol–water partition coefficient (Wildman–Crippen LogP) is 2.50. The molecule has 0 saturated heterocycles. The van der Waals surface area contributed by atoms with Gasteiger partial charge in [-0.15, -0.1) is 0 Å². The summed E-state index contributed by atoms with van der Waals surface area (Å²) in [6.07, 6.45) is 9.21. The Bertz CT molecular complexity index is 459. The minimum atomic E-state index is -2.22. The van der Waals surface area contributed by atoms with Crippen molar-refractivity contribution in [2.24, 2.45) is 5.92 Å². The summed E-state index contributed by atoms with van der Waals surface area (Å²) in [7, 11) is -4.43. The lowest BCUT2D eigenvalue weighted by Gasteiger charge is -2.07. The first-order chi connectivity index (χ1) is 9.06. The third kappa shape index (κ3) is 13.6. The van der Waals surface area contributed by atoms with E-state index in [-0.39, 0.29) is 12.3 Å². The van der Waals surface area contributed by atoms with Crippen LogP contribution in [-0.4, -0.2) is 27.6 Å². The van der Waals surface area contributed by atoms with Crippen LogP contribution < -0.4 is 0 Å². The summed E-state index contributed by atoms with van der Waals surface area (Å²) < 4.78 is 42.2. The van der Waals surface area contributed by atoms with E-state index in [4.69, 9.17) is 0 Å². The van der Waals surface area contributed by atoms with E-state index in [1.54, 1.807) is 0 Å². The zero-order valence-electron chi connectivity index (χ0n) is 11.5. The average molecular weight is 308 g/mol. The molecule has 0 aliphatic heterocycles. The molecule has 0 aromatic heterocycles. The zero-order valence-corrected chi connectivity index (χ0v) is 13.2. The smallest absolute Gasteiger partial charge is 0.185 e. The molecule has 0 aliphatic rings. The summed E-state index contributed by atoms with van der Waals surface area (Å²) in [5, 5.41) is 2.34. The van der Waals surface area contributed by atoms with E-state index in [1.807, 2.05) is 0 Å². The van der Waals surface area contributed by atoms with Gasteiger partial charge in [-0.25, -0.2) is 0 Å². The van der Waals surface area contributed by atoms with Gasteiger partial charge in [0.1, 0.15) is 0 Å². The second-order valence-electron chi connectivity index (χ2n) is 4.73. The van der Waals surface area contributed by atoms with E-state index in [1.165, 1.54) is 37.5 Å². The molecule has 4 nitrogen and oxygen atoms in total. The molecule has 0 amide bonds. The van der Waals surface area contributed by atoms with Crippen molar-refractivity contribution in [2.45, 2.75) is 64.7 Å². The Labute approximate surface area is 119 Å². The highest BCUT2D eigenvalue weighted by Crippen LogP contribution is 2.13. The van der Waals surface area contributed by atoms with Crippen LogP contribution in [0.25, 0.3) is 0 Å². The van der Waals surface area contributed by atoms with Gasteiger partial charge < -0.3 is 0 Å². The van der Waals surface area contributed by atoms with Crippen molar-refractivity contribution >= 4 is 31.3 Å². The van der Waals surface area contributed by atoms with Crippen LogP contribution in [-0.2, 0) is 20.6 Å². The molecular formula is C13H24O4S2. The van der Waals surface area contributed by atoms with Crippen LogP contribution in [0.2, 0.25) is 0 Å². The van der Waals surface area contributed by atoms with Crippen molar-refractivity contribution in [2.75, 3.05) is 0 Å². The molecule has 0 aromatic rings. The third-order valence-electron chi connectivity index (χ3n) is 3.02. The average Bonchev–Trinajstić information content (AvgIpc) is 2.33. The van der Waals surface area contributed by atoms with Crippen LogP contribution in [0.1, 0.15) is 64.7 Å². The van der Waals surface area contributed by atoms with Crippen molar-refractivity contribution in [1.29, 1.82) is 0 Å². The lowest BCUT2D eigenvalue weighted by atomic mass is 9.99. The highest BCUT2D eigenvalue weighted by Gasteiger charge is 2.05. The molecule has 112 valence electrons. The Balaban J connectivity index is 3.94. The fourth-order valence-electron chi connectivity index (χ4n) is 1.96. The molecule has 0 bridgehead atoms. The quantitative estimate of drug-likeness (QED) is 0.434. The second-order valence-corrected chi connectivity index (χ2v) is 6.38. The number of hydrogen-bond acceptors (Lipinski definition) is 4.